The molecule has 1 atom stereocenters. The highest BCUT2D eigenvalue weighted by Gasteiger charge is 2.24. The van der Waals surface area contributed by atoms with Gasteiger partial charge in [-0.2, -0.15) is 0 Å². The number of benzene rings is 2. The molecule has 0 aromatic heterocycles. The van der Waals surface area contributed by atoms with E-state index in [-0.39, 0.29) is 11.9 Å². The third-order valence-corrected chi connectivity index (χ3v) is 5.54. The molecule has 0 bridgehead atoms. The highest BCUT2D eigenvalue weighted by Crippen LogP contribution is 2.29. The van der Waals surface area contributed by atoms with E-state index in [0.29, 0.717) is 50.0 Å². The van der Waals surface area contributed by atoms with Gasteiger partial charge in [-0.15, -0.1) is 0 Å². The van der Waals surface area contributed by atoms with Gasteiger partial charge in [0, 0.05) is 45.0 Å². The summed E-state index contributed by atoms with van der Waals surface area (Å²) in [6.07, 6.45) is 0. The molecule has 1 aliphatic rings. The molecule has 1 unspecified atom stereocenters. The van der Waals surface area contributed by atoms with E-state index in [0.717, 1.165) is 18.8 Å². The molecule has 7 heteroatoms. The molecule has 0 spiro atoms. The van der Waals surface area contributed by atoms with Gasteiger partial charge >= 0.3 is 0 Å². The Bertz CT molecular complexity index is 864. The molecule has 1 saturated heterocycles. The van der Waals surface area contributed by atoms with Crippen molar-refractivity contribution in [3.05, 3.63) is 53.6 Å². The molecule has 2 aromatic rings. The van der Waals surface area contributed by atoms with Crippen LogP contribution in [-0.2, 0) is 4.74 Å². The first-order valence-electron chi connectivity index (χ1n) is 11.3. The van der Waals surface area contributed by atoms with Crippen molar-refractivity contribution >= 4 is 11.6 Å². The maximum Gasteiger partial charge on any atom is 0.251 e. The standard InChI is InChI=1S/C25H35N3O4/c1-5-31-23-12-9-20(17-24(23)32-6-2)25(29)26-18-22(28-13-15-30-16-14-28)19-7-10-21(11-8-19)27(3)4/h7-12,17,22H,5-6,13-16,18H2,1-4H3,(H,26,29). The number of hydrogen-bond acceptors (Lipinski definition) is 6. The number of carbonyl (C=O) groups excluding carboxylic acids is 1. The lowest BCUT2D eigenvalue weighted by Gasteiger charge is -2.35. The predicted octanol–water partition coefficient (Wildman–Crippen LogP) is 3.35. The van der Waals surface area contributed by atoms with Crippen LogP contribution in [0.3, 0.4) is 0 Å². The number of anilines is 1. The monoisotopic (exact) mass is 441 g/mol. The average Bonchev–Trinajstić information content (AvgIpc) is 2.81. The van der Waals surface area contributed by atoms with Crippen molar-refractivity contribution in [2.45, 2.75) is 19.9 Å². The van der Waals surface area contributed by atoms with Gasteiger partial charge < -0.3 is 24.4 Å². The van der Waals surface area contributed by atoms with Crippen LogP contribution in [0.5, 0.6) is 11.5 Å². The lowest BCUT2D eigenvalue weighted by molar-refractivity contribution is 0.0162. The van der Waals surface area contributed by atoms with E-state index >= 15 is 0 Å². The van der Waals surface area contributed by atoms with Crippen LogP contribution in [0.15, 0.2) is 42.5 Å². The second kappa shape index (κ2) is 11.7. The van der Waals surface area contributed by atoms with E-state index in [1.807, 2.05) is 27.9 Å². The van der Waals surface area contributed by atoms with Crippen molar-refractivity contribution in [1.29, 1.82) is 0 Å². The maximum absolute atomic E-state index is 13.0. The van der Waals surface area contributed by atoms with Gasteiger partial charge in [0.2, 0.25) is 0 Å². The number of hydrogen-bond donors (Lipinski definition) is 1. The van der Waals surface area contributed by atoms with Gasteiger partial charge in [0.15, 0.2) is 11.5 Å². The molecule has 0 saturated carbocycles. The van der Waals surface area contributed by atoms with Crippen LogP contribution >= 0.6 is 0 Å². The molecule has 3 rings (SSSR count). The van der Waals surface area contributed by atoms with Crippen LogP contribution in [0.25, 0.3) is 0 Å². The quantitative estimate of drug-likeness (QED) is 0.610. The number of amides is 1. The Morgan fingerprint density at radius 2 is 1.69 bits per heavy atom. The Morgan fingerprint density at radius 1 is 1.03 bits per heavy atom. The Kier molecular flexibility index (Phi) is 8.76. The highest BCUT2D eigenvalue weighted by atomic mass is 16.5. The van der Waals surface area contributed by atoms with Gasteiger partial charge in [0.05, 0.1) is 32.5 Å². The van der Waals surface area contributed by atoms with Crippen LogP contribution in [0, 0.1) is 0 Å². The lowest BCUT2D eigenvalue weighted by atomic mass is 10.0. The largest absolute Gasteiger partial charge is 0.490 e. The summed E-state index contributed by atoms with van der Waals surface area (Å²) >= 11 is 0. The summed E-state index contributed by atoms with van der Waals surface area (Å²) in [6, 6.07) is 13.9. The molecule has 2 aromatic carbocycles. The third kappa shape index (κ3) is 6.14. The van der Waals surface area contributed by atoms with Gasteiger partial charge in [0.25, 0.3) is 5.91 Å². The molecule has 0 aliphatic carbocycles. The van der Waals surface area contributed by atoms with E-state index in [1.54, 1.807) is 18.2 Å². The molecular weight excluding hydrogens is 406 g/mol. The van der Waals surface area contributed by atoms with E-state index in [9.17, 15) is 4.79 Å². The number of nitrogens with zero attached hydrogens (tertiary/aromatic N) is 2. The van der Waals surface area contributed by atoms with Crippen molar-refractivity contribution in [3.8, 4) is 11.5 Å². The molecule has 1 N–H and O–H groups in total. The van der Waals surface area contributed by atoms with E-state index in [2.05, 4.69) is 39.4 Å². The first-order valence-corrected chi connectivity index (χ1v) is 11.3. The van der Waals surface area contributed by atoms with Crippen LogP contribution in [0.4, 0.5) is 5.69 Å². The molecule has 1 fully saturated rings. The smallest absolute Gasteiger partial charge is 0.251 e. The third-order valence-electron chi connectivity index (χ3n) is 5.54. The van der Waals surface area contributed by atoms with E-state index in [1.165, 1.54) is 5.56 Å². The predicted molar refractivity (Wildman–Crippen MR) is 127 cm³/mol. The van der Waals surface area contributed by atoms with Crippen molar-refractivity contribution in [3.63, 3.8) is 0 Å². The minimum atomic E-state index is -0.128. The number of nitrogens with one attached hydrogen (secondary N) is 1. The molecule has 32 heavy (non-hydrogen) atoms. The summed E-state index contributed by atoms with van der Waals surface area (Å²) in [5.74, 6) is 1.11. The lowest BCUT2D eigenvalue weighted by Crippen LogP contribution is -2.43. The van der Waals surface area contributed by atoms with E-state index < -0.39 is 0 Å². The van der Waals surface area contributed by atoms with Gasteiger partial charge in [0.1, 0.15) is 0 Å². The van der Waals surface area contributed by atoms with Gasteiger partial charge in [-0.25, -0.2) is 0 Å². The summed E-state index contributed by atoms with van der Waals surface area (Å²) in [4.78, 5) is 17.4. The average molecular weight is 442 g/mol. The topological polar surface area (TPSA) is 63.3 Å². The normalized spacial score (nSPS) is 15.1. The number of morpholine rings is 1. The fourth-order valence-corrected chi connectivity index (χ4v) is 3.83. The summed E-state index contributed by atoms with van der Waals surface area (Å²) in [7, 11) is 4.06. The fraction of sp³-hybridized carbons (Fsp3) is 0.480. The second-order valence-electron chi connectivity index (χ2n) is 7.89. The summed E-state index contributed by atoms with van der Waals surface area (Å²) in [6.45, 7) is 8.49. The van der Waals surface area contributed by atoms with Crippen molar-refractivity contribution in [2.75, 3.05) is 65.1 Å². The van der Waals surface area contributed by atoms with Gasteiger partial charge in [-0.05, 0) is 49.7 Å². The molecule has 1 amide bonds. The van der Waals surface area contributed by atoms with Gasteiger partial charge in [-0.3, -0.25) is 9.69 Å². The minimum Gasteiger partial charge on any atom is -0.490 e. The first-order chi connectivity index (χ1) is 15.5. The number of carbonyl (C=O) groups is 1. The van der Waals surface area contributed by atoms with E-state index in [4.69, 9.17) is 14.2 Å². The maximum atomic E-state index is 13.0. The zero-order chi connectivity index (χ0) is 22.9. The Hall–Kier alpha value is -2.77. The first kappa shape index (κ1) is 23.9. The van der Waals surface area contributed by atoms with Crippen LogP contribution in [0.1, 0.15) is 35.8 Å². The SMILES string of the molecule is CCOc1ccc(C(=O)NCC(c2ccc(N(C)C)cc2)N2CCOCC2)cc1OCC. The Morgan fingerprint density at radius 3 is 2.31 bits per heavy atom. The van der Waals surface area contributed by atoms with Crippen molar-refractivity contribution in [2.24, 2.45) is 0 Å². The number of rotatable bonds is 10. The summed E-state index contributed by atoms with van der Waals surface area (Å²) < 4.78 is 16.8. The molecule has 1 heterocycles. The Labute approximate surface area is 191 Å². The molecule has 7 nitrogen and oxygen atoms in total. The van der Waals surface area contributed by atoms with Gasteiger partial charge in [-0.1, -0.05) is 12.1 Å². The second-order valence-corrected chi connectivity index (χ2v) is 7.89. The molecular formula is C25H35N3O4. The number of ether oxygens (including phenoxy) is 3. The minimum absolute atomic E-state index is 0.0770. The highest BCUT2D eigenvalue weighted by molar-refractivity contribution is 5.94. The molecule has 0 radical (unpaired) electrons. The van der Waals surface area contributed by atoms with Crippen molar-refractivity contribution < 1.29 is 19.0 Å². The Balaban J connectivity index is 1.75. The summed E-state index contributed by atoms with van der Waals surface area (Å²) in [5, 5.41) is 3.12. The molecule has 174 valence electrons. The van der Waals surface area contributed by atoms with Crippen LogP contribution < -0.4 is 19.7 Å². The summed E-state index contributed by atoms with van der Waals surface area (Å²) in [5.41, 5.74) is 2.89. The zero-order valence-electron chi connectivity index (χ0n) is 19.6. The van der Waals surface area contributed by atoms with Crippen LogP contribution in [0.2, 0.25) is 0 Å². The zero-order valence-corrected chi connectivity index (χ0v) is 19.6. The molecule has 1 aliphatic heterocycles. The fourth-order valence-electron chi connectivity index (χ4n) is 3.83. The van der Waals surface area contributed by atoms with Crippen molar-refractivity contribution in [1.82, 2.24) is 10.2 Å². The van der Waals surface area contributed by atoms with Crippen LogP contribution in [-0.4, -0.2) is 71.0 Å².